The number of aryl methyl sites for hydroxylation is 1. The van der Waals surface area contributed by atoms with E-state index in [1.165, 1.54) is 20.1 Å². The van der Waals surface area contributed by atoms with Crippen molar-refractivity contribution >= 4 is 17.6 Å². The zero-order valence-electron chi connectivity index (χ0n) is 19.9. The number of hydrogen-bond acceptors (Lipinski definition) is 5. The Balaban J connectivity index is 0.00000149. The molecule has 182 valence electrons. The van der Waals surface area contributed by atoms with Crippen molar-refractivity contribution in [2.24, 2.45) is 0 Å². The van der Waals surface area contributed by atoms with E-state index in [2.05, 4.69) is 0 Å². The maximum Gasteiger partial charge on any atom is 0.416 e. The van der Waals surface area contributed by atoms with E-state index < -0.39 is 17.8 Å². The molecule has 0 saturated heterocycles. The normalized spacial score (nSPS) is 15.3. The van der Waals surface area contributed by atoms with Crippen molar-refractivity contribution in [1.29, 1.82) is 0 Å². The summed E-state index contributed by atoms with van der Waals surface area (Å²) < 4.78 is 53.2. The number of rotatable bonds is 2. The molecule has 0 radical (unpaired) electrons. The van der Waals surface area contributed by atoms with Crippen LogP contribution < -0.4 is 9.64 Å². The van der Waals surface area contributed by atoms with Gasteiger partial charge in [0, 0.05) is 30.3 Å². The maximum absolute atomic E-state index is 13.6. The minimum absolute atomic E-state index is 0.0661. The van der Waals surface area contributed by atoms with Crippen LogP contribution in [0.25, 0.3) is 0 Å². The highest BCUT2D eigenvalue weighted by atomic mass is 19.4. The third-order valence-corrected chi connectivity index (χ3v) is 5.72. The molecule has 10 heteroatoms. The molecule has 0 unspecified atom stereocenters. The van der Waals surface area contributed by atoms with Gasteiger partial charge in [-0.25, -0.2) is 4.79 Å². The van der Waals surface area contributed by atoms with Crippen molar-refractivity contribution in [2.45, 2.75) is 59.8 Å². The van der Waals surface area contributed by atoms with Gasteiger partial charge in [0.05, 0.1) is 31.5 Å². The molecule has 0 spiro atoms. The second-order valence-corrected chi connectivity index (χ2v) is 8.06. The van der Waals surface area contributed by atoms with Crippen LogP contribution in [0.3, 0.4) is 0 Å². The summed E-state index contributed by atoms with van der Waals surface area (Å²) in [5.41, 5.74) is 1.55. The lowest BCUT2D eigenvalue weighted by atomic mass is 10.0. The van der Waals surface area contributed by atoms with Crippen LogP contribution in [0.15, 0.2) is 12.1 Å². The number of anilines is 2. The lowest BCUT2D eigenvalue weighted by molar-refractivity contribution is -0.138. The third kappa shape index (κ3) is 4.60. The van der Waals surface area contributed by atoms with E-state index in [-0.39, 0.29) is 18.2 Å². The highest BCUT2D eigenvalue weighted by Gasteiger charge is 2.37. The van der Waals surface area contributed by atoms with Crippen LogP contribution in [0.5, 0.6) is 5.75 Å². The monoisotopic (exact) mass is 468 g/mol. The van der Waals surface area contributed by atoms with E-state index in [9.17, 15) is 18.0 Å². The number of alkyl halides is 3. The van der Waals surface area contributed by atoms with Gasteiger partial charge in [-0.3, -0.25) is 4.68 Å². The minimum Gasteiger partial charge on any atom is -0.490 e. The number of amides is 1. The Bertz CT molecular complexity index is 1020. The Morgan fingerprint density at radius 2 is 1.91 bits per heavy atom. The van der Waals surface area contributed by atoms with Crippen molar-refractivity contribution in [2.75, 3.05) is 31.7 Å². The highest BCUT2D eigenvalue weighted by Crippen LogP contribution is 2.44. The van der Waals surface area contributed by atoms with Gasteiger partial charge < -0.3 is 19.3 Å². The van der Waals surface area contributed by atoms with Gasteiger partial charge in [-0.2, -0.15) is 18.3 Å². The average Bonchev–Trinajstić information content (AvgIpc) is 3.17. The summed E-state index contributed by atoms with van der Waals surface area (Å²) in [6.45, 7) is 10.9. The summed E-state index contributed by atoms with van der Waals surface area (Å²) in [6.07, 6.45) is -4.32. The first kappa shape index (κ1) is 24.7. The number of benzene rings is 1. The summed E-state index contributed by atoms with van der Waals surface area (Å²) in [4.78, 5) is 15.5. The Morgan fingerprint density at radius 3 is 2.52 bits per heavy atom. The molecule has 1 amide bonds. The van der Waals surface area contributed by atoms with Gasteiger partial charge in [0.25, 0.3) is 0 Å². The molecule has 0 N–H and O–H groups in total. The smallest absolute Gasteiger partial charge is 0.416 e. The molecule has 0 atom stereocenters. The first-order valence-electron chi connectivity index (χ1n) is 11.2. The molecule has 0 bridgehead atoms. The molecule has 0 saturated carbocycles. The highest BCUT2D eigenvalue weighted by molar-refractivity contribution is 5.74. The van der Waals surface area contributed by atoms with Gasteiger partial charge in [0.2, 0.25) is 0 Å². The number of hydrogen-bond donors (Lipinski definition) is 0. The van der Waals surface area contributed by atoms with Gasteiger partial charge in [-0.15, -0.1) is 0 Å². The number of nitrogens with zero attached hydrogens (tertiary/aromatic N) is 4. The lowest BCUT2D eigenvalue weighted by Gasteiger charge is -2.33. The number of aromatic nitrogens is 2. The fourth-order valence-electron chi connectivity index (χ4n) is 4.25. The van der Waals surface area contributed by atoms with Crippen LogP contribution in [0.2, 0.25) is 0 Å². The largest absolute Gasteiger partial charge is 0.490 e. The van der Waals surface area contributed by atoms with Crippen molar-refractivity contribution in [3.05, 3.63) is 34.5 Å². The van der Waals surface area contributed by atoms with Gasteiger partial charge in [0.15, 0.2) is 5.82 Å². The van der Waals surface area contributed by atoms with E-state index in [1.807, 2.05) is 32.4 Å². The second kappa shape index (κ2) is 9.52. The molecule has 7 nitrogen and oxygen atoms in total. The van der Waals surface area contributed by atoms with Crippen molar-refractivity contribution < 1.29 is 27.4 Å². The van der Waals surface area contributed by atoms with E-state index in [1.54, 1.807) is 9.80 Å². The van der Waals surface area contributed by atoms with E-state index >= 15 is 0 Å². The second-order valence-electron chi connectivity index (χ2n) is 8.06. The van der Waals surface area contributed by atoms with E-state index in [0.717, 1.165) is 17.3 Å². The fraction of sp³-hybridized carbons (Fsp3) is 0.565. The fourth-order valence-corrected chi connectivity index (χ4v) is 4.25. The average molecular weight is 469 g/mol. The zero-order chi connectivity index (χ0) is 24.5. The van der Waals surface area contributed by atoms with Crippen LogP contribution in [0.4, 0.5) is 29.5 Å². The number of carbonyl (C=O) groups excluding carboxylic acids is 1. The van der Waals surface area contributed by atoms with E-state index in [4.69, 9.17) is 14.6 Å². The van der Waals surface area contributed by atoms with Crippen molar-refractivity contribution in [3.8, 4) is 5.75 Å². The van der Waals surface area contributed by atoms with Crippen LogP contribution in [-0.2, 0) is 23.9 Å². The van der Waals surface area contributed by atoms with Gasteiger partial charge >= 0.3 is 12.3 Å². The number of methoxy groups -OCH3 is 1. The first-order chi connectivity index (χ1) is 15.6. The summed E-state index contributed by atoms with van der Waals surface area (Å²) in [5.74, 6) is 0.948. The van der Waals surface area contributed by atoms with Crippen molar-refractivity contribution in [3.63, 3.8) is 0 Å². The first-order valence-corrected chi connectivity index (χ1v) is 11.2. The van der Waals surface area contributed by atoms with Crippen LogP contribution in [0, 0.1) is 6.92 Å². The summed E-state index contributed by atoms with van der Waals surface area (Å²) in [7, 11) is 1.33. The van der Waals surface area contributed by atoms with Crippen molar-refractivity contribution in [1.82, 2.24) is 14.7 Å². The Kier molecular flexibility index (Phi) is 7.14. The molecular weight excluding hydrogens is 437 g/mol. The van der Waals surface area contributed by atoms with Gasteiger partial charge in [-0.05, 0) is 38.5 Å². The predicted molar refractivity (Wildman–Crippen MR) is 119 cm³/mol. The molecule has 1 aromatic heterocycles. The quantitative estimate of drug-likeness (QED) is 0.585. The molecule has 0 aliphatic carbocycles. The standard InChI is InChI=1S/C21H25F3N4O3.C2H6/c1-12(2)28-16-5-6-26(20(29)30-4)11-14(16)19(25-28)27-7-8-31-18-9-13(3)15(10-17(18)27)21(22,23)24;1-2/h9-10,12H,5-8,11H2,1-4H3;1-2H3. The Hall–Kier alpha value is -2.91. The Morgan fingerprint density at radius 1 is 1.21 bits per heavy atom. The maximum atomic E-state index is 13.6. The van der Waals surface area contributed by atoms with Gasteiger partial charge in [-0.1, -0.05) is 13.8 Å². The molecule has 3 heterocycles. The SMILES string of the molecule is CC.COC(=O)N1CCc2c(c(N3CCOc4cc(C)c(C(F)(F)F)cc43)nn2C(C)C)C1. The van der Waals surface area contributed by atoms with Gasteiger partial charge in [0.1, 0.15) is 12.4 Å². The van der Waals surface area contributed by atoms with Crippen LogP contribution in [-0.4, -0.2) is 47.6 Å². The number of fused-ring (bicyclic) bond motifs is 2. The summed E-state index contributed by atoms with van der Waals surface area (Å²) in [5, 5.41) is 4.77. The molecule has 1 aromatic carbocycles. The molecule has 4 rings (SSSR count). The summed E-state index contributed by atoms with van der Waals surface area (Å²) in [6, 6.07) is 2.62. The number of halogens is 3. The molecular formula is C23H31F3N4O3. The number of carbonyl (C=O) groups is 1. The zero-order valence-corrected chi connectivity index (χ0v) is 19.9. The topological polar surface area (TPSA) is 59.8 Å². The predicted octanol–water partition coefficient (Wildman–Crippen LogP) is 5.47. The Labute approximate surface area is 192 Å². The molecule has 2 aliphatic heterocycles. The lowest BCUT2D eigenvalue weighted by Crippen LogP contribution is -2.37. The molecule has 2 aliphatic rings. The third-order valence-electron chi connectivity index (χ3n) is 5.72. The van der Waals surface area contributed by atoms with Crippen LogP contribution in [0.1, 0.15) is 56.1 Å². The van der Waals surface area contributed by atoms with Crippen LogP contribution >= 0.6 is 0 Å². The minimum atomic E-state index is -4.47. The summed E-state index contributed by atoms with van der Waals surface area (Å²) >= 11 is 0. The number of ether oxygens (including phenoxy) is 2. The molecule has 0 fully saturated rings. The molecule has 33 heavy (non-hydrogen) atoms. The molecule has 2 aromatic rings. The van der Waals surface area contributed by atoms with E-state index in [0.29, 0.717) is 43.4 Å².